The number of hydrogen-bond donors (Lipinski definition) is 1. The third-order valence-electron chi connectivity index (χ3n) is 3.42. The van der Waals surface area contributed by atoms with Crippen molar-refractivity contribution in [3.8, 4) is 0 Å². The van der Waals surface area contributed by atoms with Crippen molar-refractivity contribution < 1.29 is 26.4 Å². The van der Waals surface area contributed by atoms with Gasteiger partial charge in [-0.2, -0.15) is 13.2 Å². The van der Waals surface area contributed by atoms with Crippen LogP contribution in [-0.4, -0.2) is 37.1 Å². The van der Waals surface area contributed by atoms with E-state index in [1.165, 1.54) is 12.1 Å². The molecule has 0 unspecified atom stereocenters. The van der Waals surface area contributed by atoms with Crippen molar-refractivity contribution in [2.45, 2.75) is 35.7 Å². The number of hydrogen-bond acceptors (Lipinski definition) is 4. The summed E-state index contributed by atoms with van der Waals surface area (Å²) in [6.45, 7) is 1.57. The SMILES string of the molecule is C[C@H](Sc1cccc(C(F)(F)F)c1)C(=O)N[C@H]1CCS(=O)(=O)C1. The maximum Gasteiger partial charge on any atom is 0.416 e. The van der Waals surface area contributed by atoms with Crippen LogP contribution in [0.2, 0.25) is 0 Å². The van der Waals surface area contributed by atoms with E-state index >= 15 is 0 Å². The Hall–Kier alpha value is -1.22. The first-order valence-corrected chi connectivity index (χ1v) is 9.62. The van der Waals surface area contributed by atoms with Gasteiger partial charge in [0.15, 0.2) is 9.84 Å². The molecule has 1 amide bonds. The van der Waals surface area contributed by atoms with Gasteiger partial charge in [0.05, 0.1) is 22.3 Å². The molecule has 23 heavy (non-hydrogen) atoms. The molecule has 4 nitrogen and oxygen atoms in total. The number of sulfone groups is 1. The Morgan fingerprint density at radius 2 is 2.09 bits per heavy atom. The second-order valence-electron chi connectivity index (χ2n) is 5.39. The average molecular weight is 367 g/mol. The summed E-state index contributed by atoms with van der Waals surface area (Å²) in [7, 11) is -3.09. The fourth-order valence-corrected chi connectivity index (χ4v) is 4.84. The quantitative estimate of drug-likeness (QED) is 0.831. The molecule has 1 heterocycles. The second kappa shape index (κ2) is 6.72. The largest absolute Gasteiger partial charge is 0.416 e. The number of carbonyl (C=O) groups excluding carboxylic acids is 1. The zero-order valence-electron chi connectivity index (χ0n) is 12.3. The van der Waals surface area contributed by atoms with Crippen LogP contribution in [0.4, 0.5) is 13.2 Å². The molecule has 1 fully saturated rings. The zero-order valence-corrected chi connectivity index (χ0v) is 13.9. The van der Waals surface area contributed by atoms with Crippen molar-refractivity contribution >= 4 is 27.5 Å². The van der Waals surface area contributed by atoms with Crippen molar-refractivity contribution in [2.24, 2.45) is 0 Å². The third-order valence-corrected chi connectivity index (χ3v) is 6.28. The van der Waals surface area contributed by atoms with Crippen LogP contribution in [0.5, 0.6) is 0 Å². The molecule has 1 N–H and O–H groups in total. The molecule has 128 valence electrons. The molecule has 0 bridgehead atoms. The number of alkyl halides is 3. The summed E-state index contributed by atoms with van der Waals surface area (Å²) in [5.41, 5.74) is -0.767. The van der Waals surface area contributed by atoms with Gasteiger partial charge in [-0.1, -0.05) is 6.07 Å². The Morgan fingerprint density at radius 3 is 2.65 bits per heavy atom. The molecular formula is C14H16F3NO3S2. The minimum atomic E-state index is -4.43. The number of amides is 1. The second-order valence-corrected chi connectivity index (χ2v) is 9.04. The minimum absolute atomic E-state index is 0.0487. The number of carbonyl (C=O) groups is 1. The lowest BCUT2D eigenvalue weighted by Gasteiger charge is -2.16. The van der Waals surface area contributed by atoms with Crippen molar-refractivity contribution in [3.63, 3.8) is 0 Å². The summed E-state index contributed by atoms with van der Waals surface area (Å²) >= 11 is 1.00. The predicted octanol–water partition coefficient (Wildman–Crippen LogP) is 2.49. The fraction of sp³-hybridized carbons (Fsp3) is 0.500. The van der Waals surface area contributed by atoms with E-state index in [9.17, 15) is 26.4 Å². The standard InChI is InChI=1S/C14H16F3NO3S2/c1-9(13(19)18-11-5-6-23(20,21)8-11)22-12-4-2-3-10(7-12)14(15,16)17/h2-4,7,9,11H,5-6,8H2,1H3,(H,18,19)/t9-,11-/m0/s1. The number of thioether (sulfide) groups is 1. The Balaban J connectivity index is 1.96. The van der Waals surface area contributed by atoms with E-state index in [0.717, 1.165) is 23.9 Å². The Morgan fingerprint density at radius 1 is 1.39 bits per heavy atom. The van der Waals surface area contributed by atoms with Crippen LogP contribution in [0.15, 0.2) is 29.2 Å². The maximum absolute atomic E-state index is 12.7. The van der Waals surface area contributed by atoms with Gasteiger partial charge in [0.25, 0.3) is 0 Å². The number of halogens is 3. The van der Waals surface area contributed by atoms with E-state index in [-0.39, 0.29) is 17.4 Å². The van der Waals surface area contributed by atoms with Crippen molar-refractivity contribution in [2.75, 3.05) is 11.5 Å². The maximum atomic E-state index is 12.7. The zero-order chi connectivity index (χ0) is 17.3. The van der Waals surface area contributed by atoms with E-state index in [2.05, 4.69) is 5.32 Å². The lowest BCUT2D eigenvalue weighted by atomic mass is 10.2. The van der Waals surface area contributed by atoms with Gasteiger partial charge < -0.3 is 5.32 Å². The molecule has 1 aromatic carbocycles. The van der Waals surface area contributed by atoms with Crippen molar-refractivity contribution in [3.05, 3.63) is 29.8 Å². The Kier molecular flexibility index (Phi) is 5.30. The van der Waals surface area contributed by atoms with Gasteiger partial charge >= 0.3 is 6.18 Å². The molecular weight excluding hydrogens is 351 g/mol. The fourth-order valence-electron chi connectivity index (χ4n) is 2.23. The van der Waals surface area contributed by atoms with E-state index in [1.54, 1.807) is 6.92 Å². The first kappa shape index (κ1) is 18.1. The van der Waals surface area contributed by atoms with Crippen molar-refractivity contribution in [1.82, 2.24) is 5.32 Å². The van der Waals surface area contributed by atoms with Crippen LogP contribution >= 0.6 is 11.8 Å². The number of benzene rings is 1. The highest BCUT2D eigenvalue weighted by Crippen LogP contribution is 2.33. The molecule has 1 aliphatic heterocycles. The molecule has 0 spiro atoms. The first-order valence-electron chi connectivity index (χ1n) is 6.91. The van der Waals surface area contributed by atoms with E-state index < -0.39 is 32.9 Å². The topological polar surface area (TPSA) is 63.2 Å². The Labute approximate surface area is 136 Å². The third kappa shape index (κ3) is 5.13. The van der Waals surface area contributed by atoms with Crippen LogP contribution in [-0.2, 0) is 20.8 Å². The van der Waals surface area contributed by atoms with Crippen LogP contribution in [0, 0.1) is 0 Å². The summed E-state index contributed by atoms with van der Waals surface area (Å²) in [6, 6.07) is 4.34. The van der Waals surface area contributed by atoms with E-state index in [1.807, 2.05) is 0 Å². The summed E-state index contributed by atoms with van der Waals surface area (Å²) < 4.78 is 60.7. The van der Waals surface area contributed by atoms with Crippen LogP contribution in [0.3, 0.4) is 0 Å². The van der Waals surface area contributed by atoms with Gasteiger partial charge in [-0.15, -0.1) is 11.8 Å². The summed E-state index contributed by atoms with van der Waals surface area (Å²) in [6.07, 6.45) is -4.06. The summed E-state index contributed by atoms with van der Waals surface area (Å²) in [5, 5.41) is 2.01. The van der Waals surface area contributed by atoms with E-state index in [4.69, 9.17) is 0 Å². The lowest BCUT2D eigenvalue weighted by molar-refractivity contribution is -0.137. The van der Waals surface area contributed by atoms with Crippen LogP contribution in [0.1, 0.15) is 18.9 Å². The average Bonchev–Trinajstić information content (AvgIpc) is 2.77. The summed E-state index contributed by atoms with van der Waals surface area (Å²) in [4.78, 5) is 12.4. The van der Waals surface area contributed by atoms with Gasteiger partial charge in [-0.05, 0) is 31.5 Å². The molecule has 9 heteroatoms. The molecule has 0 aromatic heterocycles. The number of rotatable bonds is 4. The molecule has 0 saturated carbocycles. The normalized spacial score (nSPS) is 21.8. The number of nitrogens with one attached hydrogen (secondary N) is 1. The highest BCUT2D eigenvalue weighted by atomic mass is 32.2. The van der Waals surface area contributed by atoms with Crippen LogP contribution in [0.25, 0.3) is 0 Å². The monoisotopic (exact) mass is 367 g/mol. The molecule has 0 radical (unpaired) electrons. The highest BCUT2D eigenvalue weighted by molar-refractivity contribution is 8.00. The van der Waals surface area contributed by atoms with Gasteiger partial charge in [-0.3, -0.25) is 4.79 Å². The molecule has 1 saturated heterocycles. The molecule has 2 atom stereocenters. The molecule has 2 rings (SSSR count). The lowest BCUT2D eigenvalue weighted by Crippen LogP contribution is -2.39. The van der Waals surface area contributed by atoms with Crippen LogP contribution < -0.4 is 5.32 Å². The first-order chi connectivity index (χ1) is 10.6. The van der Waals surface area contributed by atoms with Crippen molar-refractivity contribution in [1.29, 1.82) is 0 Å². The van der Waals surface area contributed by atoms with Gasteiger partial charge in [-0.25, -0.2) is 8.42 Å². The molecule has 1 aliphatic rings. The van der Waals surface area contributed by atoms with Gasteiger partial charge in [0, 0.05) is 10.9 Å². The highest BCUT2D eigenvalue weighted by Gasteiger charge is 2.32. The molecule has 1 aromatic rings. The van der Waals surface area contributed by atoms with Gasteiger partial charge in [0.2, 0.25) is 5.91 Å². The minimum Gasteiger partial charge on any atom is -0.351 e. The van der Waals surface area contributed by atoms with E-state index in [0.29, 0.717) is 11.3 Å². The predicted molar refractivity (Wildman–Crippen MR) is 82.0 cm³/mol. The van der Waals surface area contributed by atoms with Gasteiger partial charge in [0.1, 0.15) is 0 Å². The smallest absolute Gasteiger partial charge is 0.351 e. The summed E-state index contributed by atoms with van der Waals surface area (Å²) in [5.74, 6) is -0.415. The Bertz CT molecular complexity index is 689. The molecule has 0 aliphatic carbocycles.